The van der Waals surface area contributed by atoms with E-state index in [2.05, 4.69) is 20.4 Å². The standard InChI is InChI=1S/C13H22O2/c1-5-13(15-11(4)14)8-6-7-12(9-13)10(2)3/h5,10,12H,1,6-9H2,2-4H3. The van der Waals surface area contributed by atoms with Gasteiger partial charge < -0.3 is 4.74 Å². The number of esters is 1. The fraction of sp³-hybridized carbons (Fsp3) is 0.769. The van der Waals surface area contributed by atoms with Gasteiger partial charge in [-0.15, -0.1) is 0 Å². The van der Waals surface area contributed by atoms with Crippen molar-refractivity contribution in [2.24, 2.45) is 11.8 Å². The van der Waals surface area contributed by atoms with E-state index in [4.69, 9.17) is 4.74 Å². The number of carbonyl (C=O) groups excluding carboxylic acids is 1. The molecule has 0 aromatic rings. The lowest BCUT2D eigenvalue weighted by molar-refractivity contribution is -0.156. The highest BCUT2D eigenvalue weighted by Crippen LogP contribution is 2.39. The van der Waals surface area contributed by atoms with Crippen LogP contribution in [0.3, 0.4) is 0 Å². The van der Waals surface area contributed by atoms with E-state index in [1.807, 2.05) is 6.08 Å². The minimum Gasteiger partial charge on any atom is -0.455 e. The second kappa shape index (κ2) is 4.82. The minimum absolute atomic E-state index is 0.195. The Labute approximate surface area is 92.7 Å². The monoisotopic (exact) mass is 210 g/mol. The van der Waals surface area contributed by atoms with Crippen LogP contribution < -0.4 is 0 Å². The molecule has 0 aliphatic heterocycles. The maximum absolute atomic E-state index is 11.1. The number of carbonyl (C=O) groups is 1. The Balaban J connectivity index is 2.72. The van der Waals surface area contributed by atoms with Crippen LogP contribution in [-0.2, 0) is 9.53 Å². The van der Waals surface area contributed by atoms with Crippen LogP contribution in [0.25, 0.3) is 0 Å². The zero-order valence-corrected chi connectivity index (χ0v) is 10.1. The van der Waals surface area contributed by atoms with Gasteiger partial charge in [-0.2, -0.15) is 0 Å². The topological polar surface area (TPSA) is 26.3 Å². The molecule has 2 heteroatoms. The largest absolute Gasteiger partial charge is 0.455 e. The van der Waals surface area contributed by atoms with Crippen LogP contribution >= 0.6 is 0 Å². The van der Waals surface area contributed by atoms with Gasteiger partial charge in [-0.05, 0) is 43.6 Å². The number of ether oxygens (including phenoxy) is 1. The molecule has 1 fully saturated rings. The van der Waals surface area contributed by atoms with Crippen LogP contribution in [-0.4, -0.2) is 11.6 Å². The Bertz CT molecular complexity index is 245. The van der Waals surface area contributed by atoms with Gasteiger partial charge in [0.2, 0.25) is 0 Å². The van der Waals surface area contributed by atoms with E-state index < -0.39 is 0 Å². The van der Waals surface area contributed by atoms with Gasteiger partial charge in [0.05, 0.1) is 0 Å². The molecule has 0 spiro atoms. The van der Waals surface area contributed by atoms with E-state index >= 15 is 0 Å². The average molecular weight is 210 g/mol. The molecule has 2 unspecified atom stereocenters. The Hall–Kier alpha value is -0.790. The summed E-state index contributed by atoms with van der Waals surface area (Å²) < 4.78 is 5.45. The predicted octanol–water partition coefficient (Wildman–Crippen LogP) is 3.32. The molecule has 0 radical (unpaired) electrons. The molecule has 0 aromatic carbocycles. The third-order valence-corrected chi connectivity index (χ3v) is 3.44. The van der Waals surface area contributed by atoms with Crippen molar-refractivity contribution in [3.8, 4) is 0 Å². The van der Waals surface area contributed by atoms with Gasteiger partial charge in [0.25, 0.3) is 0 Å². The molecule has 2 atom stereocenters. The molecule has 1 aliphatic carbocycles. The Kier molecular flexibility index (Phi) is 3.95. The lowest BCUT2D eigenvalue weighted by Crippen LogP contribution is -2.38. The van der Waals surface area contributed by atoms with E-state index in [0.29, 0.717) is 11.8 Å². The van der Waals surface area contributed by atoms with Crippen molar-refractivity contribution >= 4 is 5.97 Å². The van der Waals surface area contributed by atoms with Crippen molar-refractivity contribution < 1.29 is 9.53 Å². The summed E-state index contributed by atoms with van der Waals surface area (Å²) in [5, 5.41) is 0. The smallest absolute Gasteiger partial charge is 0.303 e. The van der Waals surface area contributed by atoms with Crippen LogP contribution in [0.1, 0.15) is 46.5 Å². The highest BCUT2D eigenvalue weighted by molar-refractivity contribution is 5.66. The third kappa shape index (κ3) is 3.08. The second-order valence-corrected chi connectivity index (χ2v) is 4.96. The Morgan fingerprint density at radius 2 is 2.27 bits per heavy atom. The lowest BCUT2D eigenvalue weighted by atomic mass is 9.73. The van der Waals surface area contributed by atoms with E-state index in [0.717, 1.165) is 19.3 Å². The van der Waals surface area contributed by atoms with Gasteiger partial charge in [0.15, 0.2) is 0 Å². The van der Waals surface area contributed by atoms with Crippen molar-refractivity contribution in [1.29, 1.82) is 0 Å². The number of rotatable bonds is 3. The SMILES string of the molecule is C=CC1(OC(C)=O)CCCC(C(C)C)C1. The number of hydrogen-bond donors (Lipinski definition) is 0. The van der Waals surface area contributed by atoms with E-state index in [9.17, 15) is 4.79 Å². The van der Waals surface area contributed by atoms with Gasteiger partial charge in [0, 0.05) is 6.92 Å². The quantitative estimate of drug-likeness (QED) is 0.527. The summed E-state index contributed by atoms with van der Waals surface area (Å²) in [6.07, 6.45) is 6.06. The molecule has 86 valence electrons. The van der Waals surface area contributed by atoms with Crippen LogP contribution in [0.5, 0.6) is 0 Å². The fourth-order valence-electron chi connectivity index (χ4n) is 2.49. The molecule has 15 heavy (non-hydrogen) atoms. The molecule has 1 aliphatic rings. The maximum atomic E-state index is 11.1. The summed E-state index contributed by atoms with van der Waals surface area (Å²) >= 11 is 0. The van der Waals surface area contributed by atoms with Crippen LogP contribution in [0.4, 0.5) is 0 Å². The summed E-state index contributed by atoms with van der Waals surface area (Å²) in [5.41, 5.74) is -0.390. The first-order valence-corrected chi connectivity index (χ1v) is 5.82. The molecule has 2 nitrogen and oxygen atoms in total. The maximum Gasteiger partial charge on any atom is 0.303 e. The molecule has 1 rings (SSSR count). The van der Waals surface area contributed by atoms with Crippen molar-refractivity contribution in [3.63, 3.8) is 0 Å². The molecule has 0 saturated heterocycles. The predicted molar refractivity (Wildman–Crippen MR) is 61.5 cm³/mol. The van der Waals surface area contributed by atoms with Gasteiger partial charge in [-0.1, -0.05) is 20.4 Å². The Morgan fingerprint density at radius 3 is 2.73 bits per heavy atom. The van der Waals surface area contributed by atoms with Gasteiger partial charge >= 0.3 is 5.97 Å². The molecular weight excluding hydrogens is 188 g/mol. The van der Waals surface area contributed by atoms with Crippen LogP contribution in [0.15, 0.2) is 12.7 Å². The highest BCUT2D eigenvalue weighted by atomic mass is 16.6. The van der Waals surface area contributed by atoms with Crippen molar-refractivity contribution in [2.75, 3.05) is 0 Å². The first-order valence-electron chi connectivity index (χ1n) is 5.82. The molecular formula is C13H22O2. The second-order valence-electron chi connectivity index (χ2n) is 4.96. The van der Waals surface area contributed by atoms with Crippen LogP contribution in [0.2, 0.25) is 0 Å². The summed E-state index contributed by atoms with van der Waals surface area (Å²) in [7, 11) is 0. The fourth-order valence-corrected chi connectivity index (χ4v) is 2.49. The molecule has 0 aromatic heterocycles. The highest BCUT2D eigenvalue weighted by Gasteiger charge is 2.37. The summed E-state index contributed by atoms with van der Waals surface area (Å²) in [6, 6.07) is 0. The van der Waals surface area contributed by atoms with Gasteiger partial charge in [-0.3, -0.25) is 4.79 Å². The zero-order chi connectivity index (χ0) is 11.5. The van der Waals surface area contributed by atoms with Gasteiger partial charge in [0.1, 0.15) is 5.60 Å². The lowest BCUT2D eigenvalue weighted by Gasteiger charge is -2.39. The first kappa shape index (κ1) is 12.3. The molecule has 0 amide bonds. The van der Waals surface area contributed by atoms with E-state index in [1.54, 1.807) is 0 Å². The number of hydrogen-bond acceptors (Lipinski definition) is 2. The summed E-state index contributed by atoms with van der Waals surface area (Å²) in [5.74, 6) is 1.11. The van der Waals surface area contributed by atoms with Crippen LogP contribution in [0, 0.1) is 11.8 Å². The first-order chi connectivity index (χ1) is 6.99. The molecule has 0 bridgehead atoms. The molecule has 1 saturated carbocycles. The van der Waals surface area contributed by atoms with Crippen molar-refractivity contribution in [2.45, 2.75) is 52.1 Å². The van der Waals surface area contributed by atoms with Crippen molar-refractivity contribution in [3.05, 3.63) is 12.7 Å². The van der Waals surface area contributed by atoms with Crippen molar-refractivity contribution in [1.82, 2.24) is 0 Å². The molecule has 0 N–H and O–H groups in total. The minimum atomic E-state index is -0.390. The molecule has 0 heterocycles. The normalized spacial score (nSPS) is 31.3. The summed E-state index contributed by atoms with van der Waals surface area (Å²) in [6.45, 7) is 9.77. The average Bonchev–Trinajstić information content (AvgIpc) is 2.17. The zero-order valence-electron chi connectivity index (χ0n) is 10.1. The van der Waals surface area contributed by atoms with E-state index in [1.165, 1.54) is 13.3 Å². The van der Waals surface area contributed by atoms with Gasteiger partial charge in [-0.25, -0.2) is 0 Å². The third-order valence-electron chi connectivity index (χ3n) is 3.44. The Morgan fingerprint density at radius 1 is 1.60 bits per heavy atom. The van der Waals surface area contributed by atoms with E-state index in [-0.39, 0.29) is 11.6 Å². The summed E-state index contributed by atoms with van der Waals surface area (Å²) in [4.78, 5) is 11.1.